The molecule has 0 unspecified atom stereocenters. The van der Waals surface area contributed by atoms with Crippen LogP contribution in [0.1, 0.15) is 13.8 Å². The molecule has 2 amide bonds. The third kappa shape index (κ3) is 7.30. The molecule has 2 aromatic rings. The lowest BCUT2D eigenvalue weighted by molar-refractivity contribution is -0.118. The third-order valence-corrected chi connectivity index (χ3v) is 6.18. The predicted molar refractivity (Wildman–Crippen MR) is 139 cm³/mol. The topological polar surface area (TPSA) is 128 Å². The summed E-state index contributed by atoms with van der Waals surface area (Å²) in [5, 5.41) is 17.8. The lowest BCUT2D eigenvalue weighted by Gasteiger charge is -2.25. The molecule has 1 saturated heterocycles. The van der Waals surface area contributed by atoms with Crippen LogP contribution in [0.25, 0.3) is 11.5 Å². The average Bonchev–Trinajstić information content (AvgIpc) is 3.17. The summed E-state index contributed by atoms with van der Waals surface area (Å²) in [6, 6.07) is 9.03. The minimum absolute atomic E-state index is 0.101. The van der Waals surface area contributed by atoms with Crippen LogP contribution in [-0.4, -0.2) is 60.7 Å². The largest absolute Gasteiger partial charge is 0.379 e. The highest BCUT2D eigenvalue weighted by atomic mass is 32.1. The van der Waals surface area contributed by atoms with Gasteiger partial charge in [0.05, 0.1) is 19.8 Å². The van der Waals surface area contributed by atoms with E-state index in [4.69, 9.17) is 4.74 Å². The maximum absolute atomic E-state index is 12.7. The van der Waals surface area contributed by atoms with Crippen molar-refractivity contribution in [2.24, 2.45) is 0 Å². The smallest absolute Gasteiger partial charge is 0.277 e. The molecule has 0 saturated carbocycles. The van der Waals surface area contributed by atoms with Crippen molar-refractivity contribution < 1.29 is 14.3 Å². The molecule has 10 nitrogen and oxygen atoms in total. The highest BCUT2D eigenvalue weighted by Crippen LogP contribution is 2.15. The molecule has 3 rings (SSSR count). The Morgan fingerprint density at radius 1 is 1.22 bits per heavy atom. The van der Waals surface area contributed by atoms with E-state index in [2.05, 4.69) is 27.4 Å². The number of nitriles is 1. The number of carbonyl (C=O) groups excluding carboxylic acids is 2. The number of hydrogen-bond donors (Lipinski definition) is 3. The van der Waals surface area contributed by atoms with Crippen LogP contribution in [0, 0.1) is 11.3 Å². The molecular formula is C25H28N6O4S. The van der Waals surface area contributed by atoms with Crippen molar-refractivity contribution in [3.05, 3.63) is 55.6 Å². The first-order valence-corrected chi connectivity index (χ1v) is 12.4. The highest BCUT2D eigenvalue weighted by Gasteiger charge is 2.14. The Morgan fingerprint density at radius 3 is 2.67 bits per heavy atom. The first-order chi connectivity index (χ1) is 17.4. The maximum atomic E-state index is 12.7. The number of aromatic nitrogens is 1. The van der Waals surface area contributed by atoms with Gasteiger partial charge in [0.2, 0.25) is 5.91 Å². The number of rotatable bonds is 8. The van der Waals surface area contributed by atoms with Crippen LogP contribution in [0.5, 0.6) is 0 Å². The number of thiazole rings is 1. The summed E-state index contributed by atoms with van der Waals surface area (Å²) in [4.78, 5) is 39.1. The van der Waals surface area contributed by atoms with E-state index in [0.29, 0.717) is 53.4 Å². The van der Waals surface area contributed by atoms with Gasteiger partial charge in [-0.05, 0) is 32.0 Å². The Labute approximate surface area is 212 Å². The van der Waals surface area contributed by atoms with Crippen LogP contribution in [0.3, 0.4) is 0 Å². The van der Waals surface area contributed by atoms with Crippen molar-refractivity contribution >= 4 is 46.0 Å². The van der Waals surface area contributed by atoms with Crippen LogP contribution < -0.4 is 30.7 Å². The molecule has 3 N–H and O–H groups in total. The Bertz CT molecular complexity index is 1400. The lowest BCUT2D eigenvalue weighted by atomic mass is 10.2. The molecule has 0 bridgehead atoms. The van der Waals surface area contributed by atoms with E-state index >= 15 is 0 Å². The molecule has 11 heteroatoms. The van der Waals surface area contributed by atoms with E-state index in [9.17, 15) is 19.6 Å². The minimum Gasteiger partial charge on any atom is -0.379 e. The van der Waals surface area contributed by atoms with Gasteiger partial charge in [-0.25, -0.2) is 0 Å². The fraction of sp³-hybridized carbons (Fsp3) is 0.360. The Morgan fingerprint density at radius 2 is 1.97 bits per heavy atom. The molecule has 1 aromatic carbocycles. The van der Waals surface area contributed by atoms with E-state index in [1.54, 1.807) is 32.0 Å². The van der Waals surface area contributed by atoms with Crippen LogP contribution >= 0.6 is 11.3 Å². The predicted octanol–water partition coefficient (Wildman–Crippen LogP) is 0.171. The Hall–Kier alpha value is -3.90. The second kappa shape index (κ2) is 13.3. The van der Waals surface area contributed by atoms with Crippen molar-refractivity contribution in [1.29, 1.82) is 5.26 Å². The molecule has 1 fully saturated rings. The molecule has 0 spiro atoms. The fourth-order valence-corrected chi connectivity index (χ4v) is 4.39. The number of carbonyl (C=O) groups is 2. The van der Waals surface area contributed by atoms with Crippen molar-refractivity contribution in [2.45, 2.75) is 20.4 Å². The number of likely N-dealkylation sites (N-methyl/N-ethyl adjacent to an activating group) is 1. The number of ether oxygens (including phenoxy) is 1. The van der Waals surface area contributed by atoms with E-state index in [1.165, 1.54) is 10.8 Å². The molecule has 188 valence electrons. The zero-order valence-corrected chi connectivity index (χ0v) is 21.0. The summed E-state index contributed by atoms with van der Waals surface area (Å²) in [6.07, 6.45) is 1.50. The standard InChI is InChI=1S/C25H28N6O4S/c1-3-27-24(33)18(16-26)14-23-31(4-2)25(34)21(36-23)8-9-28-19-6-5-7-20(15-19)29-22(32)17-30-10-12-35-13-11-30/h5-7,9,15,28H,3-4,10-13,17H2,1-2H3,(H,27,33)(H,29,32). The van der Waals surface area contributed by atoms with E-state index in [-0.39, 0.29) is 17.0 Å². The van der Waals surface area contributed by atoms with Gasteiger partial charge in [-0.1, -0.05) is 28.9 Å². The Kier molecular flexibility index (Phi) is 9.83. The van der Waals surface area contributed by atoms with Crippen molar-refractivity contribution in [2.75, 3.05) is 50.0 Å². The minimum atomic E-state index is -0.539. The number of nitrogens with one attached hydrogen (secondary N) is 3. The SMILES string of the molecule is CCNC(=O)C(=C=c1sc(=C=CNc2cccc(NC(=O)CN3CCOCC3)c2)c(=O)n1CC)C#N. The summed E-state index contributed by atoms with van der Waals surface area (Å²) >= 11 is 1.09. The molecule has 1 aliphatic heterocycles. The number of hydrogen-bond acceptors (Lipinski definition) is 8. The van der Waals surface area contributed by atoms with Crippen LogP contribution in [0.15, 0.2) is 40.8 Å². The van der Waals surface area contributed by atoms with Gasteiger partial charge in [0.25, 0.3) is 11.5 Å². The van der Waals surface area contributed by atoms with Crippen molar-refractivity contribution in [3.8, 4) is 6.07 Å². The maximum Gasteiger partial charge on any atom is 0.277 e. The molecular weight excluding hydrogens is 480 g/mol. The molecule has 0 radical (unpaired) electrons. The van der Waals surface area contributed by atoms with E-state index in [1.807, 2.05) is 17.0 Å². The molecule has 0 aliphatic carbocycles. The number of amides is 2. The van der Waals surface area contributed by atoms with Gasteiger partial charge >= 0.3 is 0 Å². The quantitative estimate of drug-likeness (QED) is 0.343. The van der Waals surface area contributed by atoms with Gasteiger partial charge in [0, 0.05) is 43.8 Å². The van der Waals surface area contributed by atoms with E-state index < -0.39 is 5.91 Å². The number of anilines is 2. The summed E-state index contributed by atoms with van der Waals surface area (Å²) in [5.74, 6) is -0.640. The molecule has 0 atom stereocenters. The van der Waals surface area contributed by atoms with Crippen LogP contribution in [0.2, 0.25) is 0 Å². The zero-order valence-electron chi connectivity index (χ0n) is 20.2. The number of nitrogens with zero attached hydrogens (tertiary/aromatic N) is 3. The second-order valence-electron chi connectivity index (χ2n) is 7.71. The zero-order chi connectivity index (χ0) is 25.9. The molecule has 36 heavy (non-hydrogen) atoms. The third-order valence-electron chi connectivity index (χ3n) is 5.17. The fourth-order valence-electron chi connectivity index (χ4n) is 3.41. The van der Waals surface area contributed by atoms with Gasteiger partial charge in [-0.15, -0.1) is 0 Å². The van der Waals surface area contributed by atoms with Crippen molar-refractivity contribution in [3.63, 3.8) is 0 Å². The Balaban J connectivity index is 1.80. The summed E-state index contributed by atoms with van der Waals surface area (Å²) in [5.41, 5.74) is 6.55. The molecule has 1 aliphatic rings. The van der Waals surface area contributed by atoms with Crippen LogP contribution in [0.4, 0.5) is 11.4 Å². The van der Waals surface area contributed by atoms with Gasteiger partial charge in [-0.2, -0.15) is 5.26 Å². The number of morpholine rings is 1. The lowest BCUT2D eigenvalue weighted by Crippen LogP contribution is -2.41. The average molecular weight is 509 g/mol. The molecule has 2 heterocycles. The first-order valence-electron chi connectivity index (χ1n) is 11.6. The van der Waals surface area contributed by atoms with E-state index in [0.717, 1.165) is 24.4 Å². The van der Waals surface area contributed by atoms with Gasteiger partial charge in [0.15, 0.2) is 5.57 Å². The summed E-state index contributed by atoms with van der Waals surface area (Å²) in [7, 11) is 0. The monoisotopic (exact) mass is 508 g/mol. The molecule has 1 aromatic heterocycles. The first kappa shape index (κ1) is 26.7. The highest BCUT2D eigenvalue weighted by molar-refractivity contribution is 7.07. The van der Waals surface area contributed by atoms with Crippen molar-refractivity contribution in [1.82, 2.24) is 14.8 Å². The second-order valence-corrected chi connectivity index (χ2v) is 8.71. The van der Waals surface area contributed by atoms with Gasteiger partial charge in [-0.3, -0.25) is 23.9 Å². The summed E-state index contributed by atoms with van der Waals surface area (Å²) < 4.78 is 7.40. The number of benzene rings is 1. The normalized spacial score (nSPS) is 13.0. The summed E-state index contributed by atoms with van der Waals surface area (Å²) in [6.45, 7) is 7.31. The van der Waals surface area contributed by atoms with Gasteiger partial charge in [0.1, 0.15) is 15.3 Å². The van der Waals surface area contributed by atoms with Crippen LogP contribution in [-0.2, 0) is 20.9 Å². The van der Waals surface area contributed by atoms with Gasteiger partial charge < -0.3 is 20.7 Å².